The number of amides is 1. The highest BCUT2D eigenvalue weighted by Crippen LogP contribution is 2.68. The number of nitrogens with zero attached hydrogens (tertiary/aromatic N) is 1. The molecule has 0 unspecified atom stereocenters. The SMILES string of the molecule is CC1(C)C(C(=O)NCCc2cnc[nH]2)C1(C)C. The molecule has 0 saturated heterocycles. The summed E-state index contributed by atoms with van der Waals surface area (Å²) in [4.78, 5) is 19.0. The van der Waals surface area contributed by atoms with Crippen LogP contribution in [0.1, 0.15) is 33.4 Å². The molecule has 17 heavy (non-hydrogen) atoms. The van der Waals surface area contributed by atoms with Gasteiger partial charge in [0.25, 0.3) is 0 Å². The van der Waals surface area contributed by atoms with Crippen LogP contribution >= 0.6 is 0 Å². The Labute approximate surface area is 102 Å². The molecule has 2 rings (SSSR count). The number of rotatable bonds is 4. The first kappa shape index (κ1) is 12.1. The van der Waals surface area contributed by atoms with Gasteiger partial charge in [0.1, 0.15) is 0 Å². The lowest BCUT2D eigenvalue weighted by Crippen LogP contribution is -2.29. The maximum atomic E-state index is 12.0. The van der Waals surface area contributed by atoms with E-state index >= 15 is 0 Å². The third-order valence-corrected chi connectivity index (χ3v) is 4.53. The van der Waals surface area contributed by atoms with E-state index in [9.17, 15) is 4.79 Å². The molecule has 1 aliphatic rings. The highest BCUT2D eigenvalue weighted by molar-refractivity contribution is 5.84. The maximum absolute atomic E-state index is 12.0. The van der Waals surface area contributed by atoms with Crippen molar-refractivity contribution in [3.63, 3.8) is 0 Å². The molecule has 0 spiro atoms. The topological polar surface area (TPSA) is 57.8 Å². The van der Waals surface area contributed by atoms with Crippen molar-refractivity contribution in [1.29, 1.82) is 0 Å². The fourth-order valence-corrected chi connectivity index (χ4v) is 2.70. The number of carbonyl (C=O) groups is 1. The lowest BCUT2D eigenvalue weighted by atomic mass is 10.0. The van der Waals surface area contributed by atoms with Gasteiger partial charge < -0.3 is 10.3 Å². The van der Waals surface area contributed by atoms with Gasteiger partial charge in [-0.2, -0.15) is 0 Å². The zero-order valence-corrected chi connectivity index (χ0v) is 11.0. The van der Waals surface area contributed by atoms with Crippen molar-refractivity contribution in [2.75, 3.05) is 6.54 Å². The van der Waals surface area contributed by atoms with Gasteiger partial charge in [-0.15, -0.1) is 0 Å². The fraction of sp³-hybridized carbons (Fsp3) is 0.692. The molecule has 0 atom stereocenters. The minimum absolute atomic E-state index is 0.116. The summed E-state index contributed by atoms with van der Waals surface area (Å²) in [7, 11) is 0. The van der Waals surface area contributed by atoms with Crippen LogP contribution in [0.25, 0.3) is 0 Å². The number of hydrogen-bond donors (Lipinski definition) is 2. The van der Waals surface area contributed by atoms with Crippen LogP contribution in [0.4, 0.5) is 0 Å². The summed E-state index contributed by atoms with van der Waals surface area (Å²) in [6.45, 7) is 9.31. The monoisotopic (exact) mass is 235 g/mol. The van der Waals surface area contributed by atoms with Crippen LogP contribution in [-0.4, -0.2) is 22.4 Å². The molecular formula is C13H21N3O. The number of aromatic nitrogens is 2. The predicted molar refractivity (Wildman–Crippen MR) is 66.4 cm³/mol. The minimum Gasteiger partial charge on any atom is -0.355 e. The van der Waals surface area contributed by atoms with Gasteiger partial charge in [0.05, 0.1) is 6.33 Å². The van der Waals surface area contributed by atoms with Crippen molar-refractivity contribution in [2.24, 2.45) is 16.7 Å². The Bertz CT molecular complexity index is 392. The van der Waals surface area contributed by atoms with Crippen LogP contribution in [0.15, 0.2) is 12.5 Å². The van der Waals surface area contributed by atoms with E-state index in [1.807, 2.05) is 0 Å². The van der Waals surface area contributed by atoms with Crippen LogP contribution < -0.4 is 5.32 Å². The van der Waals surface area contributed by atoms with E-state index in [1.165, 1.54) is 0 Å². The quantitative estimate of drug-likeness (QED) is 0.835. The van der Waals surface area contributed by atoms with Gasteiger partial charge in [-0.3, -0.25) is 4.79 Å². The summed E-state index contributed by atoms with van der Waals surface area (Å²) in [6.07, 6.45) is 4.25. The van der Waals surface area contributed by atoms with Gasteiger partial charge in [0, 0.05) is 30.8 Å². The maximum Gasteiger partial charge on any atom is 0.224 e. The molecule has 1 fully saturated rings. The third kappa shape index (κ3) is 1.96. The molecule has 4 heteroatoms. The van der Waals surface area contributed by atoms with Crippen molar-refractivity contribution in [3.05, 3.63) is 18.2 Å². The van der Waals surface area contributed by atoms with E-state index in [2.05, 4.69) is 43.0 Å². The van der Waals surface area contributed by atoms with Gasteiger partial charge in [0.15, 0.2) is 0 Å². The minimum atomic E-state index is 0.116. The van der Waals surface area contributed by atoms with Crippen LogP contribution in [0.5, 0.6) is 0 Å². The first-order valence-electron chi connectivity index (χ1n) is 6.12. The molecule has 1 saturated carbocycles. The van der Waals surface area contributed by atoms with Crippen molar-refractivity contribution < 1.29 is 4.79 Å². The van der Waals surface area contributed by atoms with Gasteiger partial charge in [0.2, 0.25) is 5.91 Å². The molecule has 1 aromatic rings. The second kappa shape index (κ2) is 3.86. The van der Waals surface area contributed by atoms with E-state index in [4.69, 9.17) is 0 Å². The molecule has 0 radical (unpaired) electrons. The van der Waals surface area contributed by atoms with E-state index in [1.54, 1.807) is 12.5 Å². The van der Waals surface area contributed by atoms with Crippen molar-refractivity contribution in [2.45, 2.75) is 34.1 Å². The molecule has 1 amide bonds. The van der Waals surface area contributed by atoms with E-state index in [0.29, 0.717) is 6.54 Å². The number of carbonyl (C=O) groups excluding carboxylic acids is 1. The molecule has 94 valence electrons. The standard InChI is InChI=1S/C13H21N3O/c1-12(2)10(13(12,3)4)11(17)15-6-5-9-7-14-8-16-9/h7-8,10H,5-6H2,1-4H3,(H,14,16)(H,15,17). The molecule has 1 aliphatic carbocycles. The smallest absolute Gasteiger partial charge is 0.224 e. The molecule has 1 aromatic heterocycles. The van der Waals surface area contributed by atoms with Gasteiger partial charge in [-0.1, -0.05) is 27.7 Å². The second-order valence-corrected chi connectivity index (χ2v) is 5.99. The van der Waals surface area contributed by atoms with Crippen molar-refractivity contribution in [1.82, 2.24) is 15.3 Å². The van der Waals surface area contributed by atoms with Gasteiger partial charge in [-0.25, -0.2) is 4.98 Å². The lowest BCUT2D eigenvalue weighted by molar-refractivity contribution is -0.123. The summed E-state index contributed by atoms with van der Waals surface area (Å²) >= 11 is 0. The van der Waals surface area contributed by atoms with Gasteiger partial charge >= 0.3 is 0 Å². The van der Waals surface area contributed by atoms with Crippen molar-refractivity contribution in [3.8, 4) is 0 Å². The number of hydrogen-bond acceptors (Lipinski definition) is 2. The normalized spacial score (nSPS) is 21.2. The molecule has 0 bridgehead atoms. The number of nitrogens with one attached hydrogen (secondary N) is 2. The van der Waals surface area contributed by atoms with E-state index in [0.717, 1.165) is 12.1 Å². The Balaban J connectivity index is 1.80. The Morgan fingerprint density at radius 1 is 1.41 bits per heavy atom. The lowest BCUT2D eigenvalue weighted by Gasteiger charge is -2.05. The summed E-state index contributed by atoms with van der Waals surface area (Å²) in [5, 5.41) is 3.01. The Kier molecular flexibility index (Phi) is 2.76. The first-order chi connectivity index (χ1) is 7.87. The molecule has 0 aliphatic heterocycles. The fourth-order valence-electron chi connectivity index (χ4n) is 2.70. The molecule has 1 heterocycles. The highest BCUT2D eigenvalue weighted by atomic mass is 16.2. The zero-order chi connectivity index (χ0) is 12.7. The van der Waals surface area contributed by atoms with Crippen LogP contribution in [0, 0.1) is 16.7 Å². The number of aromatic amines is 1. The molecule has 2 N–H and O–H groups in total. The zero-order valence-electron chi connectivity index (χ0n) is 11.0. The highest BCUT2D eigenvalue weighted by Gasteiger charge is 2.68. The van der Waals surface area contributed by atoms with E-state index < -0.39 is 0 Å². The van der Waals surface area contributed by atoms with Crippen LogP contribution in [0.2, 0.25) is 0 Å². The van der Waals surface area contributed by atoms with Crippen molar-refractivity contribution >= 4 is 5.91 Å². The Morgan fingerprint density at radius 2 is 2.06 bits per heavy atom. The summed E-state index contributed by atoms with van der Waals surface area (Å²) < 4.78 is 0. The third-order valence-electron chi connectivity index (χ3n) is 4.53. The average molecular weight is 235 g/mol. The average Bonchev–Trinajstić information content (AvgIpc) is 2.58. The van der Waals surface area contributed by atoms with Gasteiger partial charge in [-0.05, 0) is 10.8 Å². The molecule has 0 aromatic carbocycles. The first-order valence-corrected chi connectivity index (χ1v) is 6.12. The Morgan fingerprint density at radius 3 is 2.53 bits per heavy atom. The Hall–Kier alpha value is -1.32. The molecule has 4 nitrogen and oxygen atoms in total. The number of imidazole rings is 1. The second-order valence-electron chi connectivity index (χ2n) is 5.99. The summed E-state index contributed by atoms with van der Waals surface area (Å²) in [5.74, 6) is 0.316. The largest absolute Gasteiger partial charge is 0.355 e. The van der Waals surface area contributed by atoms with Crippen LogP contribution in [0.3, 0.4) is 0 Å². The van der Waals surface area contributed by atoms with Crippen LogP contribution in [-0.2, 0) is 11.2 Å². The summed E-state index contributed by atoms with van der Waals surface area (Å²) in [5.41, 5.74) is 1.29. The summed E-state index contributed by atoms with van der Waals surface area (Å²) in [6, 6.07) is 0. The van der Waals surface area contributed by atoms with E-state index in [-0.39, 0.29) is 22.7 Å². The number of H-pyrrole nitrogens is 1. The molecular weight excluding hydrogens is 214 g/mol. The predicted octanol–water partition coefficient (Wildman–Crippen LogP) is 1.75.